The molecule has 0 aromatic heterocycles. The molecule has 0 spiro atoms. The van der Waals surface area contributed by atoms with Gasteiger partial charge in [0, 0.05) is 12.6 Å². The fourth-order valence-corrected chi connectivity index (χ4v) is 5.53. The predicted octanol–water partition coefficient (Wildman–Crippen LogP) is 4.42. The highest BCUT2D eigenvalue weighted by Crippen LogP contribution is 2.25. The molecule has 1 N–H and O–H groups in total. The van der Waals surface area contributed by atoms with Gasteiger partial charge in [-0.2, -0.15) is 0 Å². The van der Waals surface area contributed by atoms with Crippen molar-refractivity contribution in [1.29, 1.82) is 0 Å². The number of hydrogen-bond acceptors (Lipinski definition) is 4. The molecule has 2 amide bonds. The molecule has 196 valence electrons. The van der Waals surface area contributed by atoms with Crippen molar-refractivity contribution in [3.63, 3.8) is 0 Å². The van der Waals surface area contributed by atoms with Gasteiger partial charge in [-0.25, -0.2) is 12.8 Å². The molecule has 1 aliphatic carbocycles. The molecule has 0 bridgehead atoms. The van der Waals surface area contributed by atoms with E-state index in [0.29, 0.717) is 6.42 Å². The second-order valence-electron chi connectivity index (χ2n) is 9.23. The zero-order chi connectivity index (χ0) is 26.5. The van der Waals surface area contributed by atoms with Crippen LogP contribution in [0.15, 0.2) is 42.5 Å². The van der Waals surface area contributed by atoms with Gasteiger partial charge in [-0.05, 0) is 55.5 Å². The zero-order valence-corrected chi connectivity index (χ0v) is 22.4. The van der Waals surface area contributed by atoms with Crippen LogP contribution in [0.25, 0.3) is 0 Å². The van der Waals surface area contributed by atoms with Crippen LogP contribution in [0.1, 0.15) is 50.2 Å². The van der Waals surface area contributed by atoms with E-state index >= 15 is 0 Å². The summed E-state index contributed by atoms with van der Waals surface area (Å²) < 4.78 is 39.9. The number of carbonyl (C=O) groups is 2. The standard InChI is InChI=1S/C26H33ClFN3O4S/c1-4-24(26(33)29-20-11-7-8-12-20)30(16-19-10-6-5-9-18(19)2)25(32)17-31(36(3,34)35)21-13-14-23(28)22(27)15-21/h5-6,9-10,13-15,20,24H,4,7-8,11-12,16-17H2,1-3H3,(H,29,33)/t24-/m1/s1. The number of halogens is 2. The Morgan fingerprint density at radius 3 is 2.42 bits per heavy atom. The Hall–Kier alpha value is -2.65. The molecule has 2 aromatic rings. The number of aryl methyl sites for hydroxylation is 1. The van der Waals surface area contributed by atoms with Crippen molar-refractivity contribution in [3.8, 4) is 0 Å². The summed E-state index contributed by atoms with van der Waals surface area (Å²) in [4.78, 5) is 28.4. The number of anilines is 1. The highest BCUT2D eigenvalue weighted by atomic mass is 35.5. The number of benzene rings is 2. The first kappa shape index (κ1) is 27.9. The zero-order valence-electron chi connectivity index (χ0n) is 20.8. The van der Waals surface area contributed by atoms with Crippen LogP contribution in [0.3, 0.4) is 0 Å². The summed E-state index contributed by atoms with van der Waals surface area (Å²) in [5.41, 5.74) is 1.87. The van der Waals surface area contributed by atoms with E-state index in [0.717, 1.165) is 53.4 Å². The van der Waals surface area contributed by atoms with Gasteiger partial charge in [0.1, 0.15) is 18.4 Å². The first-order chi connectivity index (χ1) is 17.0. The molecule has 0 radical (unpaired) electrons. The average Bonchev–Trinajstić information content (AvgIpc) is 3.32. The summed E-state index contributed by atoms with van der Waals surface area (Å²) in [6, 6.07) is 10.3. The molecule has 1 saturated carbocycles. The Labute approximate surface area is 217 Å². The highest BCUT2D eigenvalue weighted by Gasteiger charge is 2.33. The summed E-state index contributed by atoms with van der Waals surface area (Å²) in [5.74, 6) is -1.49. The number of carbonyl (C=O) groups excluding carboxylic acids is 2. The number of hydrogen-bond donors (Lipinski definition) is 1. The van der Waals surface area contributed by atoms with E-state index in [1.54, 1.807) is 0 Å². The SMILES string of the molecule is CC[C@H](C(=O)NC1CCCC1)N(Cc1ccccc1C)C(=O)CN(c1ccc(F)c(Cl)c1)S(C)(=O)=O. The lowest BCUT2D eigenvalue weighted by atomic mass is 10.1. The van der Waals surface area contributed by atoms with Crippen molar-refractivity contribution in [2.45, 2.75) is 64.6 Å². The number of nitrogens with one attached hydrogen (secondary N) is 1. The van der Waals surface area contributed by atoms with E-state index in [4.69, 9.17) is 11.6 Å². The smallest absolute Gasteiger partial charge is 0.244 e. The monoisotopic (exact) mass is 537 g/mol. The van der Waals surface area contributed by atoms with E-state index in [2.05, 4.69) is 5.32 Å². The van der Waals surface area contributed by atoms with Gasteiger partial charge in [0.05, 0.1) is 17.0 Å². The van der Waals surface area contributed by atoms with Crippen LogP contribution < -0.4 is 9.62 Å². The maximum absolute atomic E-state index is 13.7. The first-order valence-electron chi connectivity index (χ1n) is 12.1. The second-order valence-corrected chi connectivity index (χ2v) is 11.5. The van der Waals surface area contributed by atoms with Crippen LogP contribution in [0, 0.1) is 12.7 Å². The normalized spacial score (nSPS) is 14.9. The maximum atomic E-state index is 13.7. The molecule has 0 aliphatic heterocycles. The van der Waals surface area contributed by atoms with Gasteiger partial charge in [0.25, 0.3) is 0 Å². The van der Waals surface area contributed by atoms with E-state index in [-0.39, 0.29) is 29.2 Å². The van der Waals surface area contributed by atoms with E-state index in [1.807, 2.05) is 38.1 Å². The van der Waals surface area contributed by atoms with Crippen LogP contribution >= 0.6 is 11.6 Å². The third kappa shape index (κ3) is 6.97. The molecule has 1 fully saturated rings. The van der Waals surface area contributed by atoms with Crippen LogP contribution in [0.2, 0.25) is 5.02 Å². The predicted molar refractivity (Wildman–Crippen MR) is 140 cm³/mol. The Balaban J connectivity index is 1.94. The van der Waals surface area contributed by atoms with Crippen molar-refractivity contribution in [3.05, 3.63) is 64.4 Å². The Morgan fingerprint density at radius 2 is 1.83 bits per heavy atom. The van der Waals surface area contributed by atoms with E-state index < -0.39 is 34.3 Å². The minimum absolute atomic E-state index is 0.0662. The van der Waals surface area contributed by atoms with Gasteiger partial charge < -0.3 is 10.2 Å². The summed E-state index contributed by atoms with van der Waals surface area (Å²) >= 11 is 5.88. The topological polar surface area (TPSA) is 86.8 Å². The second kappa shape index (κ2) is 12.1. The molecule has 3 rings (SSSR count). The Bertz CT molecular complexity index is 1200. The van der Waals surface area contributed by atoms with E-state index in [1.165, 1.54) is 17.0 Å². The van der Waals surface area contributed by atoms with Crippen molar-refractivity contribution in [2.24, 2.45) is 0 Å². The maximum Gasteiger partial charge on any atom is 0.244 e. The lowest BCUT2D eigenvalue weighted by Crippen LogP contribution is -2.53. The third-order valence-corrected chi connectivity index (χ3v) is 7.99. The van der Waals surface area contributed by atoms with Crippen LogP contribution in [-0.4, -0.2) is 50.0 Å². The number of nitrogens with zero attached hydrogens (tertiary/aromatic N) is 2. The van der Waals surface area contributed by atoms with Crippen molar-refractivity contribution in [1.82, 2.24) is 10.2 Å². The van der Waals surface area contributed by atoms with E-state index in [9.17, 15) is 22.4 Å². The summed E-state index contributed by atoms with van der Waals surface area (Å²) in [6.45, 7) is 3.33. The minimum Gasteiger partial charge on any atom is -0.352 e. The Kier molecular flexibility index (Phi) is 9.35. The molecule has 1 aliphatic rings. The third-order valence-electron chi connectivity index (χ3n) is 6.56. The molecule has 10 heteroatoms. The van der Waals surface area contributed by atoms with Gasteiger partial charge in [-0.15, -0.1) is 0 Å². The fraction of sp³-hybridized carbons (Fsp3) is 0.462. The summed E-state index contributed by atoms with van der Waals surface area (Å²) in [7, 11) is -3.92. The quantitative estimate of drug-likeness (QED) is 0.486. The van der Waals surface area contributed by atoms with Crippen LogP contribution in [-0.2, 0) is 26.2 Å². The molecule has 0 unspecified atom stereocenters. The largest absolute Gasteiger partial charge is 0.352 e. The van der Waals surface area contributed by atoms with Crippen molar-refractivity contribution < 1.29 is 22.4 Å². The number of rotatable bonds is 10. The number of amides is 2. The highest BCUT2D eigenvalue weighted by molar-refractivity contribution is 7.92. The Morgan fingerprint density at radius 1 is 1.17 bits per heavy atom. The first-order valence-corrected chi connectivity index (χ1v) is 14.3. The van der Waals surface area contributed by atoms with Gasteiger partial charge in [0.15, 0.2) is 0 Å². The molecule has 0 heterocycles. The average molecular weight is 538 g/mol. The summed E-state index contributed by atoms with van der Waals surface area (Å²) in [5, 5.41) is 2.81. The van der Waals surface area contributed by atoms with Crippen LogP contribution in [0.4, 0.5) is 10.1 Å². The van der Waals surface area contributed by atoms with Gasteiger partial charge in [0.2, 0.25) is 21.8 Å². The lowest BCUT2D eigenvalue weighted by Gasteiger charge is -2.33. The lowest BCUT2D eigenvalue weighted by molar-refractivity contribution is -0.140. The molecular weight excluding hydrogens is 505 g/mol. The van der Waals surface area contributed by atoms with Crippen molar-refractivity contribution in [2.75, 3.05) is 17.1 Å². The molecule has 7 nitrogen and oxygen atoms in total. The van der Waals surface area contributed by atoms with Crippen LogP contribution in [0.5, 0.6) is 0 Å². The van der Waals surface area contributed by atoms with Crippen molar-refractivity contribution >= 4 is 39.1 Å². The summed E-state index contributed by atoms with van der Waals surface area (Å²) in [6.07, 6.45) is 5.24. The minimum atomic E-state index is -3.92. The molecular formula is C26H33ClFN3O4S. The molecule has 0 saturated heterocycles. The van der Waals surface area contributed by atoms with Gasteiger partial charge >= 0.3 is 0 Å². The molecule has 36 heavy (non-hydrogen) atoms. The number of sulfonamides is 1. The molecule has 1 atom stereocenters. The van der Waals surface area contributed by atoms with Gasteiger partial charge in [-0.1, -0.05) is 55.6 Å². The van der Waals surface area contributed by atoms with Gasteiger partial charge in [-0.3, -0.25) is 13.9 Å². The fourth-order valence-electron chi connectivity index (χ4n) is 4.51. The molecule has 2 aromatic carbocycles.